The van der Waals surface area contributed by atoms with Crippen molar-refractivity contribution in [3.8, 4) is 0 Å². The molecule has 24 heavy (non-hydrogen) atoms. The van der Waals surface area contributed by atoms with E-state index in [1.54, 1.807) is 0 Å². The van der Waals surface area contributed by atoms with Gasteiger partial charge in [-0.3, -0.25) is 0 Å². The van der Waals surface area contributed by atoms with Gasteiger partial charge >= 0.3 is 0 Å². The summed E-state index contributed by atoms with van der Waals surface area (Å²) in [4.78, 5) is 0. The second-order valence-corrected chi connectivity index (χ2v) is 8.25. The highest BCUT2D eigenvalue weighted by Crippen LogP contribution is 2.25. The molecular formula is C17H17BrCl2N2S2. The molecule has 7 heteroatoms. The van der Waals surface area contributed by atoms with Crippen LogP contribution in [0.2, 0.25) is 10.0 Å². The van der Waals surface area contributed by atoms with E-state index in [0.717, 1.165) is 39.7 Å². The molecule has 0 saturated carbocycles. The SMILES string of the molecule is S=C(NCCCSCc1ccc(Cl)cc1)Nc1ccc(Br)c(Cl)c1. The molecule has 2 N–H and O–H groups in total. The van der Waals surface area contributed by atoms with Gasteiger partial charge in [-0.25, -0.2) is 0 Å². The smallest absolute Gasteiger partial charge is 0.170 e. The lowest BCUT2D eigenvalue weighted by Crippen LogP contribution is -2.29. The Morgan fingerprint density at radius 1 is 1.12 bits per heavy atom. The molecule has 2 aromatic carbocycles. The van der Waals surface area contributed by atoms with E-state index < -0.39 is 0 Å². The van der Waals surface area contributed by atoms with Crippen molar-refractivity contribution in [2.45, 2.75) is 12.2 Å². The van der Waals surface area contributed by atoms with Crippen LogP contribution in [0.4, 0.5) is 5.69 Å². The quantitative estimate of drug-likeness (QED) is 0.368. The zero-order valence-corrected chi connectivity index (χ0v) is 17.6. The molecule has 2 rings (SSSR count). The monoisotopic (exact) mass is 462 g/mol. The molecule has 0 aliphatic heterocycles. The van der Waals surface area contributed by atoms with Crippen LogP contribution >= 0.6 is 63.1 Å². The predicted octanol–water partition coefficient (Wildman–Crippen LogP) is 6.37. The van der Waals surface area contributed by atoms with Crippen LogP contribution in [-0.4, -0.2) is 17.4 Å². The van der Waals surface area contributed by atoms with Gasteiger partial charge in [0.05, 0.1) is 5.02 Å². The lowest BCUT2D eigenvalue weighted by Gasteiger charge is -2.11. The molecule has 0 fully saturated rings. The highest BCUT2D eigenvalue weighted by molar-refractivity contribution is 9.10. The first kappa shape index (κ1) is 19.9. The molecule has 0 unspecified atom stereocenters. The Morgan fingerprint density at radius 3 is 2.58 bits per heavy atom. The second kappa shape index (κ2) is 10.5. The van der Waals surface area contributed by atoms with E-state index in [1.165, 1.54) is 5.56 Å². The second-order valence-electron chi connectivity index (χ2n) is 5.04. The highest BCUT2D eigenvalue weighted by atomic mass is 79.9. The van der Waals surface area contributed by atoms with Gasteiger partial charge in [0.1, 0.15) is 0 Å². The highest BCUT2D eigenvalue weighted by Gasteiger charge is 2.01. The van der Waals surface area contributed by atoms with Crippen LogP contribution in [0.3, 0.4) is 0 Å². The minimum absolute atomic E-state index is 0.607. The topological polar surface area (TPSA) is 24.1 Å². The summed E-state index contributed by atoms with van der Waals surface area (Å²) in [5.74, 6) is 2.07. The Morgan fingerprint density at radius 2 is 1.88 bits per heavy atom. The van der Waals surface area contributed by atoms with Crippen LogP contribution in [0.25, 0.3) is 0 Å². The van der Waals surface area contributed by atoms with Crippen molar-refractivity contribution in [1.29, 1.82) is 0 Å². The van der Waals surface area contributed by atoms with Crippen molar-refractivity contribution in [2.75, 3.05) is 17.6 Å². The summed E-state index contributed by atoms with van der Waals surface area (Å²) in [6, 6.07) is 13.6. The summed E-state index contributed by atoms with van der Waals surface area (Å²) < 4.78 is 0.867. The Balaban J connectivity index is 1.59. The molecule has 0 aliphatic carbocycles. The van der Waals surface area contributed by atoms with Crippen molar-refractivity contribution >= 4 is 73.9 Å². The standard InChI is InChI=1S/C17H17BrCl2N2S2/c18-15-7-6-14(10-16(15)20)22-17(23)21-8-1-9-24-11-12-2-4-13(19)5-3-12/h2-7,10H,1,8-9,11H2,(H2,21,22,23). The zero-order chi connectivity index (χ0) is 17.4. The van der Waals surface area contributed by atoms with Gasteiger partial charge in [0, 0.05) is 27.5 Å². The minimum Gasteiger partial charge on any atom is -0.362 e. The average Bonchev–Trinajstić information content (AvgIpc) is 2.56. The number of hydrogen-bond acceptors (Lipinski definition) is 2. The van der Waals surface area contributed by atoms with Gasteiger partial charge in [0.15, 0.2) is 5.11 Å². The number of benzene rings is 2. The third-order valence-electron chi connectivity index (χ3n) is 3.11. The molecule has 0 aliphatic rings. The fraction of sp³-hybridized carbons (Fsp3) is 0.235. The summed E-state index contributed by atoms with van der Waals surface area (Å²) in [5, 5.41) is 8.37. The van der Waals surface area contributed by atoms with Gasteiger partial charge in [-0.05, 0) is 76.2 Å². The molecule has 0 radical (unpaired) electrons. The first-order valence-electron chi connectivity index (χ1n) is 7.36. The first-order chi connectivity index (χ1) is 11.5. The molecule has 128 valence electrons. The molecule has 0 heterocycles. The van der Waals surface area contributed by atoms with E-state index >= 15 is 0 Å². The number of nitrogens with one attached hydrogen (secondary N) is 2. The number of hydrogen-bond donors (Lipinski definition) is 2. The number of anilines is 1. The van der Waals surface area contributed by atoms with E-state index in [9.17, 15) is 0 Å². The van der Waals surface area contributed by atoms with Crippen LogP contribution in [-0.2, 0) is 5.75 Å². The van der Waals surface area contributed by atoms with E-state index in [4.69, 9.17) is 35.4 Å². The largest absolute Gasteiger partial charge is 0.362 e. The molecule has 0 amide bonds. The average molecular weight is 464 g/mol. The van der Waals surface area contributed by atoms with Crippen LogP contribution in [0, 0.1) is 0 Å². The van der Waals surface area contributed by atoms with E-state index in [-0.39, 0.29) is 0 Å². The zero-order valence-electron chi connectivity index (χ0n) is 12.8. The Kier molecular flexibility index (Phi) is 8.70. The van der Waals surface area contributed by atoms with Gasteiger partial charge in [0.2, 0.25) is 0 Å². The molecule has 0 bridgehead atoms. The third kappa shape index (κ3) is 7.19. The first-order valence-corrected chi connectivity index (χ1v) is 10.5. The maximum Gasteiger partial charge on any atom is 0.170 e. The summed E-state index contributed by atoms with van der Waals surface area (Å²) in [6.07, 6.45) is 1.04. The normalized spacial score (nSPS) is 10.5. The lowest BCUT2D eigenvalue weighted by molar-refractivity contribution is 0.854. The molecule has 0 atom stereocenters. The molecule has 0 spiro atoms. The number of halogens is 3. The van der Waals surface area contributed by atoms with Gasteiger partial charge in [0.25, 0.3) is 0 Å². The predicted molar refractivity (Wildman–Crippen MR) is 116 cm³/mol. The number of rotatable bonds is 7. The van der Waals surface area contributed by atoms with E-state index in [0.29, 0.717) is 10.1 Å². The Labute approximate surface area is 170 Å². The van der Waals surface area contributed by atoms with Gasteiger partial charge in [-0.2, -0.15) is 11.8 Å². The maximum atomic E-state index is 6.06. The fourth-order valence-corrected chi connectivity index (χ4v) is 3.59. The van der Waals surface area contributed by atoms with Crippen molar-refractivity contribution in [3.63, 3.8) is 0 Å². The third-order valence-corrected chi connectivity index (χ3v) is 5.96. The minimum atomic E-state index is 0.607. The van der Waals surface area contributed by atoms with Crippen LogP contribution in [0.5, 0.6) is 0 Å². The molecule has 0 aromatic heterocycles. The Hall–Kier alpha value is -0.460. The van der Waals surface area contributed by atoms with Crippen molar-refractivity contribution in [1.82, 2.24) is 5.32 Å². The van der Waals surface area contributed by atoms with Crippen molar-refractivity contribution in [3.05, 3.63) is 62.5 Å². The molecule has 0 saturated heterocycles. The lowest BCUT2D eigenvalue weighted by atomic mass is 10.2. The van der Waals surface area contributed by atoms with Gasteiger partial charge in [-0.1, -0.05) is 35.3 Å². The van der Waals surface area contributed by atoms with Crippen molar-refractivity contribution in [2.24, 2.45) is 0 Å². The van der Waals surface area contributed by atoms with Crippen molar-refractivity contribution < 1.29 is 0 Å². The van der Waals surface area contributed by atoms with Crippen LogP contribution in [0.1, 0.15) is 12.0 Å². The molecule has 2 aromatic rings. The van der Waals surface area contributed by atoms with Gasteiger partial charge in [-0.15, -0.1) is 0 Å². The number of thiocarbonyl (C=S) groups is 1. The summed E-state index contributed by atoms with van der Waals surface area (Å²) in [6.45, 7) is 0.837. The molecular weight excluding hydrogens is 447 g/mol. The number of thioether (sulfide) groups is 1. The maximum absolute atomic E-state index is 6.06. The van der Waals surface area contributed by atoms with E-state index in [2.05, 4.69) is 38.7 Å². The summed E-state index contributed by atoms with van der Waals surface area (Å²) in [7, 11) is 0. The van der Waals surface area contributed by atoms with Crippen LogP contribution < -0.4 is 10.6 Å². The molecule has 2 nitrogen and oxygen atoms in total. The van der Waals surface area contributed by atoms with E-state index in [1.807, 2.05) is 42.1 Å². The van der Waals surface area contributed by atoms with Gasteiger partial charge < -0.3 is 10.6 Å². The summed E-state index contributed by atoms with van der Waals surface area (Å²) >= 11 is 22.5. The Bertz CT molecular complexity index is 681. The summed E-state index contributed by atoms with van der Waals surface area (Å²) in [5.41, 5.74) is 2.17. The van der Waals surface area contributed by atoms with Crippen LogP contribution in [0.15, 0.2) is 46.9 Å². The fourth-order valence-electron chi connectivity index (χ4n) is 1.90.